The van der Waals surface area contributed by atoms with Gasteiger partial charge in [-0.15, -0.1) is 0 Å². The van der Waals surface area contributed by atoms with Crippen molar-refractivity contribution in [1.29, 1.82) is 0 Å². The minimum absolute atomic E-state index is 0.255. The quantitative estimate of drug-likeness (QED) is 0.823. The summed E-state index contributed by atoms with van der Waals surface area (Å²) in [7, 11) is 0. The normalized spacial score (nSPS) is 22.4. The van der Waals surface area contributed by atoms with Crippen LogP contribution in [0, 0.1) is 5.41 Å². The average Bonchev–Trinajstić information content (AvgIpc) is 2.60. The van der Waals surface area contributed by atoms with Crippen molar-refractivity contribution in [3.05, 3.63) is 0 Å². The largest absolute Gasteiger partial charge is 0.377 e. The van der Waals surface area contributed by atoms with E-state index >= 15 is 0 Å². The molecule has 1 N–H and O–H groups in total. The molecule has 0 spiro atoms. The van der Waals surface area contributed by atoms with Crippen LogP contribution in [0.2, 0.25) is 0 Å². The molecular formula is C13H26N2OS. The van der Waals surface area contributed by atoms with Crippen LogP contribution in [-0.4, -0.2) is 36.2 Å². The Bertz CT molecular complexity index is 261. The Labute approximate surface area is 110 Å². The van der Waals surface area contributed by atoms with Crippen LogP contribution in [0.15, 0.2) is 4.99 Å². The van der Waals surface area contributed by atoms with Crippen LogP contribution in [0.5, 0.6) is 0 Å². The number of rotatable bonds is 5. The highest BCUT2D eigenvalue weighted by atomic mass is 32.2. The number of hydrogen-bond acceptors (Lipinski definition) is 4. The van der Waals surface area contributed by atoms with Gasteiger partial charge >= 0.3 is 0 Å². The van der Waals surface area contributed by atoms with Gasteiger partial charge in [0.15, 0.2) is 5.17 Å². The molecule has 17 heavy (non-hydrogen) atoms. The maximum absolute atomic E-state index is 5.48. The van der Waals surface area contributed by atoms with E-state index in [0.717, 1.165) is 24.9 Å². The Morgan fingerprint density at radius 2 is 2.24 bits per heavy atom. The third kappa shape index (κ3) is 6.32. The molecular weight excluding hydrogens is 232 g/mol. The number of hydrogen-bond donors (Lipinski definition) is 1. The first-order valence-corrected chi connectivity index (χ1v) is 7.35. The average molecular weight is 258 g/mol. The zero-order chi connectivity index (χ0) is 12.9. The van der Waals surface area contributed by atoms with E-state index in [0.29, 0.717) is 10.7 Å². The number of thioether (sulfide) groups is 1. The predicted octanol–water partition coefficient (Wildman–Crippen LogP) is 2.91. The van der Waals surface area contributed by atoms with Crippen molar-refractivity contribution in [1.82, 2.24) is 5.32 Å². The molecule has 0 radical (unpaired) electrons. The smallest absolute Gasteiger partial charge is 0.157 e. The lowest BCUT2D eigenvalue weighted by Gasteiger charge is -2.21. The predicted molar refractivity (Wildman–Crippen MR) is 76.8 cm³/mol. The summed E-state index contributed by atoms with van der Waals surface area (Å²) in [4.78, 5) is 4.55. The molecule has 1 heterocycles. The lowest BCUT2D eigenvalue weighted by atomic mass is 9.90. The minimum Gasteiger partial charge on any atom is -0.377 e. The fourth-order valence-electron chi connectivity index (χ4n) is 1.88. The summed E-state index contributed by atoms with van der Waals surface area (Å²) < 4.78 is 5.48. The third-order valence-electron chi connectivity index (χ3n) is 2.55. The van der Waals surface area contributed by atoms with Crippen LogP contribution in [0.1, 0.15) is 41.0 Å². The van der Waals surface area contributed by atoms with Gasteiger partial charge in [0.1, 0.15) is 0 Å². The number of nitrogens with zero attached hydrogens (tertiary/aromatic N) is 1. The van der Waals surface area contributed by atoms with Crippen LogP contribution in [0.4, 0.5) is 0 Å². The molecule has 4 heteroatoms. The van der Waals surface area contributed by atoms with E-state index in [1.54, 1.807) is 0 Å². The summed E-state index contributed by atoms with van der Waals surface area (Å²) in [5.41, 5.74) is 0.390. The lowest BCUT2D eigenvalue weighted by molar-refractivity contribution is 0.0796. The topological polar surface area (TPSA) is 33.6 Å². The highest BCUT2D eigenvalue weighted by Crippen LogP contribution is 2.31. The zero-order valence-corrected chi connectivity index (χ0v) is 12.6. The molecule has 0 aromatic heterocycles. The van der Waals surface area contributed by atoms with Crippen LogP contribution in [0.25, 0.3) is 0 Å². The van der Waals surface area contributed by atoms with E-state index < -0.39 is 0 Å². The molecule has 0 saturated heterocycles. The van der Waals surface area contributed by atoms with Crippen LogP contribution in [0.3, 0.4) is 0 Å². The molecule has 0 aromatic carbocycles. The maximum atomic E-state index is 5.48. The Morgan fingerprint density at radius 3 is 2.82 bits per heavy atom. The molecule has 0 bridgehead atoms. The number of amidine groups is 1. The highest BCUT2D eigenvalue weighted by molar-refractivity contribution is 8.14. The first-order chi connectivity index (χ1) is 7.90. The SMILES string of the molecule is CCOC(C)CNC1=NCC(CC(C)(C)C)S1. The van der Waals surface area contributed by atoms with Gasteiger partial charge in [-0.05, 0) is 25.7 Å². The molecule has 2 atom stereocenters. The van der Waals surface area contributed by atoms with Gasteiger partial charge in [-0.1, -0.05) is 32.5 Å². The lowest BCUT2D eigenvalue weighted by Crippen LogP contribution is -2.30. The maximum Gasteiger partial charge on any atom is 0.157 e. The molecule has 0 aromatic rings. The first-order valence-electron chi connectivity index (χ1n) is 6.47. The molecule has 0 saturated carbocycles. The second-order valence-electron chi connectivity index (χ2n) is 5.80. The summed E-state index contributed by atoms with van der Waals surface area (Å²) in [6.45, 7) is 13.5. The summed E-state index contributed by atoms with van der Waals surface area (Å²) in [5, 5.41) is 5.10. The van der Waals surface area contributed by atoms with Crippen molar-refractivity contribution in [3.8, 4) is 0 Å². The first kappa shape index (κ1) is 14.8. The summed E-state index contributed by atoms with van der Waals surface area (Å²) in [5.74, 6) is 0. The van der Waals surface area contributed by atoms with Gasteiger partial charge in [-0.25, -0.2) is 0 Å². The monoisotopic (exact) mass is 258 g/mol. The second-order valence-corrected chi connectivity index (χ2v) is 7.09. The van der Waals surface area contributed by atoms with Crippen molar-refractivity contribution >= 4 is 16.9 Å². The molecule has 1 aliphatic rings. The van der Waals surface area contributed by atoms with Gasteiger partial charge in [-0.2, -0.15) is 0 Å². The summed E-state index contributed by atoms with van der Waals surface area (Å²) in [6.07, 6.45) is 1.47. The zero-order valence-electron chi connectivity index (χ0n) is 11.7. The number of nitrogens with one attached hydrogen (secondary N) is 1. The molecule has 100 valence electrons. The molecule has 1 rings (SSSR count). The molecule has 1 aliphatic heterocycles. The van der Waals surface area contributed by atoms with E-state index in [1.807, 2.05) is 18.7 Å². The Hall–Kier alpha value is -0.220. The van der Waals surface area contributed by atoms with Crippen LogP contribution in [-0.2, 0) is 4.74 Å². The Morgan fingerprint density at radius 1 is 1.53 bits per heavy atom. The van der Waals surface area contributed by atoms with E-state index in [-0.39, 0.29) is 6.10 Å². The van der Waals surface area contributed by atoms with Gasteiger partial charge in [0.2, 0.25) is 0 Å². The number of ether oxygens (including phenoxy) is 1. The molecule has 3 nitrogen and oxygen atoms in total. The van der Waals surface area contributed by atoms with Crippen LogP contribution >= 0.6 is 11.8 Å². The van der Waals surface area contributed by atoms with Crippen LogP contribution < -0.4 is 5.32 Å². The van der Waals surface area contributed by atoms with Gasteiger partial charge < -0.3 is 10.1 Å². The van der Waals surface area contributed by atoms with Gasteiger partial charge in [-0.3, -0.25) is 4.99 Å². The Balaban J connectivity index is 2.21. The van der Waals surface area contributed by atoms with E-state index in [9.17, 15) is 0 Å². The minimum atomic E-state index is 0.255. The van der Waals surface area contributed by atoms with E-state index in [4.69, 9.17) is 4.74 Å². The third-order valence-corrected chi connectivity index (χ3v) is 3.69. The van der Waals surface area contributed by atoms with Crippen molar-refractivity contribution in [3.63, 3.8) is 0 Å². The molecule has 0 fully saturated rings. The second kappa shape index (κ2) is 6.64. The van der Waals surface area contributed by atoms with Crippen molar-refractivity contribution in [2.75, 3.05) is 19.7 Å². The van der Waals surface area contributed by atoms with Crippen molar-refractivity contribution in [2.45, 2.75) is 52.4 Å². The highest BCUT2D eigenvalue weighted by Gasteiger charge is 2.24. The van der Waals surface area contributed by atoms with Gasteiger partial charge in [0.25, 0.3) is 0 Å². The standard InChI is InChI=1S/C13H26N2OS/c1-6-16-10(2)8-14-12-15-9-11(17-12)7-13(3,4)5/h10-11H,6-9H2,1-5H3,(H,14,15). The van der Waals surface area contributed by atoms with Crippen molar-refractivity contribution in [2.24, 2.45) is 10.4 Å². The Kier molecular flexibility index (Phi) is 5.80. The van der Waals surface area contributed by atoms with Gasteiger partial charge in [0, 0.05) is 18.4 Å². The number of aliphatic imine (C=N–C) groups is 1. The summed E-state index contributed by atoms with van der Waals surface area (Å²) >= 11 is 1.88. The summed E-state index contributed by atoms with van der Waals surface area (Å²) in [6, 6.07) is 0. The fourth-order valence-corrected chi connectivity index (χ4v) is 3.24. The van der Waals surface area contributed by atoms with E-state index in [1.165, 1.54) is 6.42 Å². The molecule has 0 amide bonds. The molecule has 2 unspecified atom stereocenters. The van der Waals surface area contributed by atoms with E-state index in [2.05, 4.69) is 38.0 Å². The van der Waals surface area contributed by atoms with Crippen molar-refractivity contribution < 1.29 is 4.74 Å². The van der Waals surface area contributed by atoms with Gasteiger partial charge in [0.05, 0.1) is 12.6 Å². The molecule has 0 aliphatic carbocycles. The fraction of sp³-hybridized carbons (Fsp3) is 0.923.